The van der Waals surface area contributed by atoms with Gasteiger partial charge in [-0.1, -0.05) is 17.4 Å². The number of carbonyl (C=O) groups excluding carboxylic acids is 1. The van der Waals surface area contributed by atoms with Gasteiger partial charge in [-0.05, 0) is 63.1 Å². The summed E-state index contributed by atoms with van der Waals surface area (Å²) >= 11 is 1.49. The Bertz CT molecular complexity index is 1260. The van der Waals surface area contributed by atoms with Crippen molar-refractivity contribution in [3.63, 3.8) is 0 Å². The SMILES string of the molecule is CC1COCCCN1C1CC(C(=O)Nc2nc3ccc(-c4cnc(CO[C@H]5CCC[C@@H]5O)nc4)cc3s2)C1. The molecule has 6 rings (SSSR count). The fourth-order valence-electron chi connectivity index (χ4n) is 5.76. The Balaban J connectivity index is 1.04. The molecule has 1 unspecified atom stereocenters. The van der Waals surface area contributed by atoms with E-state index in [1.165, 1.54) is 11.3 Å². The van der Waals surface area contributed by atoms with Crippen molar-refractivity contribution in [3.05, 3.63) is 36.4 Å². The number of anilines is 1. The average Bonchev–Trinajstić information content (AvgIpc) is 3.43. The number of rotatable bonds is 7. The van der Waals surface area contributed by atoms with E-state index in [0.717, 1.165) is 79.6 Å². The number of fused-ring (bicyclic) bond motifs is 1. The van der Waals surface area contributed by atoms with Crippen molar-refractivity contribution in [2.24, 2.45) is 5.92 Å². The number of aromatic nitrogens is 3. The molecule has 0 radical (unpaired) electrons. The number of hydrogen-bond donors (Lipinski definition) is 2. The van der Waals surface area contributed by atoms with E-state index in [9.17, 15) is 9.90 Å². The zero-order chi connectivity index (χ0) is 26.1. The first kappa shape index (κ1) is 25.8. The Hall–Kier alpha value is -2.50. The molecule has 2 aromatic heterocycles. The minimum absolute atomic E-state index is 0.0375. The van der Waals surface area contributed by atoms with Gasteiger partial charge in [-0.15, -0.1) is 0 Å². The van der Waals surface area contributed by atoms with Gasteiger partial charge in [0.05, 0.1) is 29.0 Å². The third kappa shape index (κ3) is 5.60. The minimum Gasteiger partial charge on any atom is -0.390 e. The summed E-state index contributed by atoms with van der Waals surface area (Å²) in [5.41, 5.74) is 2.76. The van der Waals surface area contributed by atoms with Crippen LogP contribution < -0.4 is 5.32 Å². The van der Waals surface area contributed by atoms with Crippen LogP contribution in [0, 0.1) is 5.92 Å². The highest BCUT2D eigenvalue weighted by Gasteiger charge is 2.40. The van der Waals surface area contributed by atoms with Crippen LogP contribution in [0.25, 0.3) is 21.3 Å². The van der Waals surface area contributed by atoms with Gasteiger partial charge >= 0.3 is 0 Å². The third-order valence-corrected chi connectivity index (χ3v) is 9.02. The summed E-state index contributed by atoms with van der Waals surface area (Å²) in [7, 11) is 0. The summed E-state index contributed by atoms with van der Waals surface area (Å²) in [5, 5.41) is 13.6. The summed E-state index contributed by atoms with van der Waals surface area (Å²) < 4.78 is 12.5. The van der Waals surface area contributed by atoms with E-state index in [-0.39, 0.29) is 24.0 Å². The molecule has 0 spiro atoms. The number of nitrogens with zero attached hydrogens (tertiary/aromatic N) is 4. The second kappa shape index (κ2) is 11.3. The van der Waals surface area contributed by atoms with Gasteiger partial charge in [0, 0.05) is 49.1 Å². The molecular weight excluding hydrogens is 502 g/mol. The molecule has 1 aliphatic heterocycles. The highest BCUT2D eigenvalue weighted by molar-refractivity contribution is 7.22. The summed E-state index contributed by atoms with van der Waals surface area (Å²) in [6, 6.07) is 6.91. The van der Waals surface area contributed by atoms with Crippen molar-refractivity contribution in [1.82, 2.24) is 19.9 Å². The summed E-state index contributed by atoms with van der Waals surface area (Å²) in [4.78, 5) is 29.0. The van der Waals surface area contributed by atoms with Crippen LogP contribution in [0.2, 0.25) is 0 Å². The lowest BCUT2D eigenvalue weighted by atomic mass is 9.78. The number of nitrogens with one attached hydrogen (secondary N) is 1. The highest BCUT2D eigenvalue weighted by atomic mass is 32.1. The fraction of sp³-hybridized carbons (Fsp3) is 0.571. The van der Waals surface area contributed by atoms with Crippen LogP contribution in [0.3, 0.4) is 0 Å². The van der Waals surface area contributed by atoms with Crippen molar-refractivity contribution >= 4 is 32.6 Å². The maximum absolute atomic E-state index is 12.9. The number of thiazole rings is 1. The predicted octanol–water partition coefficient (Wildman–Crippen LogP) is 4.01. The van der Waals surface area contributed by atoms with Gasteiger partial charge in [-0.2, -0.15) is 0 Å². The molecule has 2 saturated carbocycles. The van der Waals surface area contributed by atoms with Gasteiger partial charge in [0.25, 0.3) is 0 Å². The molecule has 38 heavy (non-hydrogen) atoms. The summed E-state index contributed by atoms with van der Waals surface area (Å²) in [6.45, 7) is 5.17. The maximum Gasteiger partial charge on any atom is 0.229 e. The standard InChI is InChI=1S/C28H35N5O4S/c1-17-15-36-9-3-8-33(17)21-10-19(11-21)27(35)32-28-31-22-7-6-18(12-25(22)38-28)20-13-29-26(30-14-20)16-37-24-5-2-4-23(24)34/h6-7,12-14,17,19,21,23-24,34H,2-5,8-11,15-16H2,1H3,(H,31,32,35)/t17?,19?,21?,23-,24-/m0/s1. The van der Waals surface area contributed by atoms with Crippen molar-refractivity contribution < 1.29 is 19.4 Å². The van der Waals surface area contributed by atoms with Gasteiger partial charge in [-0.3, -0.25) is 9.69 Å². The second-order valence-corrected chi connectivity index (χ2v) is 11.8. The molecule has 2 aliphatic carbocycles. The van der Waals surface area contributed by atoms with E-state index in [4.69, 9.17) is 9.47 Å². The van der Waals surface area contributed by atoms with Crippen LogP contribution in [0.4, 0.5) is 5.13 Å². The number of ether oxygens (including phenoxy) is 2. The van der Waals surface area contributed by atoms with Crippen molar-refractivity contribution in [1.29, 1.82) is 0 Å². The smallest absolute Gasteiger partial charge is 0.229 e. The van der Waals surface area contributed by atoms with Crippen LogP contribution >= 0.6 is 11.3 Å². The van der Waals surface area contributed by atoms with Gasteiger partial charge < -0.3 is 19.9 Å². The number of amides is 1. The van der Waals surface area contributed by atoms with E-state index >= 15 is 0 Å². The molecule has 1 aromatic carbocycles. The largest absolute Gasteiger partial charge is 0.390 e. The second-order valence-electron chi connectivity index (χ2n) is 10.8. The average molecular weight is 538 g/mol. The van der Waals surface area contributed by atoms with Crippen LogP contribution in [-0.4, -0.2) is 74.9 Å². The highest BCUT2D eigenvalue weighted by Crippen LogP contribution is 2.36. The number of hydrogen-bond acceptors (Lipinski definition) is 9. The van der Waals surface area contributed by atoms with E-state index in [0.29, 0.717) is 29.6 Å². The van der Waals surface area contributed by atoms with Gasteiger partial charge in [0.15, 0.2) is 11.0 Å². The van der Waals surface area contributed by atoms with E-state index in [1.807, 2.05) is 12.1 Å². The van der Waals surface area contributed by atoms with Crippen LogP contribution in [0.5, 0.6) is 0 Å². The van der Waals surface area contributed by atoms with E-state index < -0.39 is 0 Å². The Morgan fingerprint density at radius 3 is 2.84 bits per heavy atom. The van der Waals surface area contributed by atoms with Crippen molar-refractivity contribution in [2.75, 3.05) is 25.1 Å². The molecule has 1 saturated heterocycles. The monoisotopic (exact) mass is 537 g/mol. The van der Waals surface area contributed by atoms with Crippen LogP contribution in [0.1, 0.15) is 51.3 Å². The lowest BCUT2D eigenvalue weighted by Gasteiger charge is -2.44. The lowest BCUT2D eigenvalue weighted by molar-refractivity contribution is -0.125. The van der Waals surface area contributed by atoms with Crippen LogP contribution in [0.15, 0.2) is 30.6 Å². The molecule has 3 fully saturated rings. The molecule has 9 nitrogen and oxygen atoms in total. The van der Waals surface area contributed by atoms with Gasteiger partial charge in [0.2, 0.25) is 5.91 Å². The third-order valence-electron chi connectivity index (χ3n) is 8.08. The lowest BCUT2D eigenvalue weighted by Crippen LogP contribution is -2.52. The Morgan fingerprint density at radius 1 is 1.21 bits per heavy atom. The van der Waals surface area contributed by atoms with Crippen LogP contribution in [-0.2, 0) is 20.9 Å². The molecule has 3 atom stereocenters. The van der Waals surface area contributed by atoms with Gasteiger partial charge in [-0.25, -0.2) is 15.0 Å². The molecule has 3 aromatic rings. The molecule has 1 amide bonds. The molecule has 0 bridgehead atoms. The Kier molecular flexibility index (Phi) is 7.67. The first-order valence-corrected chi connectivity index (χ1v) is 14.5. The summed E-state index contributed by atoms with van der Waals surface area (Å²) in [5.74, 6) is 0.708. The quantitative estimate of drug-likeness (QED) is 0.465. The zero-order valence-electron chi connectivity index (χ0n) is 21.7. The zero-order valence-corrected chi connectivity index (χ0v) is 22.5. The Labute approximate surface area is 226 Å². The van der Waals surface area contributed by atoms with E-state index in [1.54, 1.807) is 12.4 Å². The van der Waals surface area contributed by atoms with E-state index in [2.05, 4.69) is 38.2 Å². The Morgan fingerprint density at radius 2 is 2.05 bits per heavy atom. The summed E-state index contributed by atoms with van der Waals surface area (Å²) in [6.07, 6.45) is 8.61. The minimum atomic E-state index is -0.385. The molecular formula is C28H35N5O4S. The topological polar surface area (TPSA) is 110 Å². The number of benzene rings is 1. The molecule has 202 valence electrons. The first-order chi connectivity index (χ1) is 18.5. The fourth-order valence-corrected chi connectivity index (χ4v) is 6.67. The molecule has 10 heteroatoms. The predicted molar refractivity (Wildman–Crippen MR) is 146 cm³/mol. The molecule has 3 aliphatic rings. The normalized spacial score (nSPS) is 28.2. The molecule has 2 N–H and O–H groups in total. The van der Waals surface area contributed by atoms with Crippen molar-refractivity contribution in [2.45, 2.75) is 76.3 Å². The number of carbonyl (C=O) groups is 1. The maximum atomic E-state index is 12.9. The van der Waals surface area contributed by atoms with Crippen molar-refractivity contribution in [3.8, 4) is 11.1 Å². The molecule has 3 heterocycles. The number of aliphatic hydroxyl groups excluding tert-OH is 1. The first-order valence-electron chi connectivity index (χ1n) is 13.7. The van der Waals surface area contributed by atoms with Gasteiger partial charge in [0.1, 0.15) is 6.61 Å². The number of aliphatic hydroxyl groups is 1.